The third-order valence-corrected chi connectivity index (χ3v) is 3.19. The number of hydrogen-bond donors (Lipinski definition) is 0. The number of imidazole rings is 2. The summed E-state index contributed by atoms with van der Waals surface area (Å²) in [4.78, 5) is 8.95. The number of aryl methyl sites for hydroxylation is 2. The van der Waals surface area contributed by atoms with Gasteiger partial charge in [0.1, 0.15) is 0 Å². The number of rotatable bonds is 5. The highest BCUT2D eigenvalue weighted by Crippen LogP contribution is 2.01. The van der Waals surface area contributed by atoms with Crippen LogP contribution in [0.5, 0.6) is 0 Å². The quantitative estimate of drug-likeness (QED) is 0.703. The maximum absolute atomic E-state index is 4.48. The molecule has 4 nitrogen and oxygen atoms in total. The molecule has 2 aromatic heterocycles. The number of aromatic nitrogens is 4. The topological polar surface area (TPSA) is 35.6 Å². The Morgan fingerprint density at radius 3 is 1.94 bits per heavy atom. The minimum atomic E-state index is 0.301. The number of nitrogens with zero attached hydrogens (tertiary/aromatic N) is 4. The van der Waals surface area contributed by atoms with Crippen molar-refractivity contribution in [3.05, 3.63) is 24.8 Å². The van der Waals surface area contributed by atoms with Crippen LogP contribution in [0.25, 0.3) is 0 Å². The van der Waals surface area contributed by atoms with Crippen LogP contribution >= 0.6 is 0 Å². The molecule has 0 aliphatic carbocycles. The average Bonchev–Trinajstić information content (AvgIpc) is 2.90. The highest BCUT2D eigenvalue weighted by molar-refractivity contribution is 6.82. The van der Waals surface area contributed by atoms with Crippen molar-refractivity contribution in [2.24, 2.45) is 14.1 Å². The first kappa shape index (κ1) is 12.0. The van der Waals surface area contributed by atoms with Crippen LogP contribution in [0.4, 0.5) is 0 Å². The Morgan fingerprint density at radius 1 is 1.06 bits per heavy atom. The van der Waals surface area contributed by atoms with E-state index in [1.165, 1.54) is 12.8 Å². The second-order valence-corrected chi connectivity index (χ2v) is 4.49. The molecule has 2 heterocycles. The monoisotopic (exact) mass is 230 g/mol. The normalized spacial score (nSPS) is 10.8. The van der Waals surface area contributed by atoms with Crippen molar-refractivity contribution in [2.75, 3.05) is 0 Å². The molecule has 2 aromatic rings. The first-order chi connectivity index (χ1) is 8.24. The molecule has 0 amide bonds. The molecule has 0 saturated carbocycles. The Balaban J connectivity index is 2.32. The highest BCUT2D eigenvalue weighted by atomic mass is 15.1. The van der Waals surface area contributed by atoms with Crippen LogP contribution in [0, 0.1) is 0 Å². The van der Waals surface area contributed by atoms with E-state index in [4.69, 9.17) is 0 Å². The van der Waals surface area contributed by atoms with Gasteiger partial charge in [0.25, 0.3) is 0 Å². The molecular formula is C12H19BN4. The summed E-state index contributed by atoms with van der Waals surface area (Å²) in [6.45, 7) is 2.52. The van der Waals surface area contributed by atoms with E-state index in [2.05, 4.69) is 26.0 Å². The van der Waals surface area contributed by atoms with Crippen LogP contribution in [-0.2, 0) is 14.1 Å². The van der Waals surface area contributed by atoms with Gasteiger partial charge in [-0.3, -0.25) is 9.97 Å². The van der Waals surface area contributed by atoms with Crippen LogP contribution in [0.2, 0.25) is 6.32 Å². The molecule has 0 radical (unpaired) electrons. The second kappa shape index (κ2) is 5.21. The van der Waals surface area contributed by atoms with Crippen LogP contribution in [0.15, 0.2) is 24.8 Å². The molecule has 0 atom stereocenters. The van der Waals surface area contributed by atoms with Crippen molar-refractivity contribution in [1.29, 1.82) is 0 Å². The van der Waals surface area contributed by atoms with E-state index in [-0.39, 0.29) is 0 Å². The first-order valence-electron chi connectivity index (χ1n) is 6.18. The summed E-state index contributed by atoms with van der Waals surface area (Å²) < 4.78 is 4.18. The van der Waals surface area contributed by atoms with Gasteiger partial charge in [0.2, 0.25) is 0 Å². The summed E-state index contributed by atoms with van der Waals surface area (Å²) in [7, 11) is 4.09. The van der Waals surface area contributed by atoms with Crippen molar-refractivity contribution in [3.8, 4) is 0 Å². The van der Waals surface area contributed by atoms with Gasteiger partial charge >= 0.3 is 6.71 Å². The first-order valence-corrected chi connectivity index (χ1v) is 6.18. The van der Waals surface area contributed by atoms with Gasteiger partial charge in [0.15, 0.2) is 0 Å². The average molecular weight is 230 g/mol. The predicted octanol–water partition coefficient (Wildman–Crippen LogP) is 0.563. The fourth-order valence-corrected chi connectivity index (χ4v) is 2.21. The van der Waals surface area contributed by atoms with Crippen LogP contribution in [0.1, 0.15) is 19.8 Å². The minimum absolute atomic E-state index is 0.301. The Morgan fingerprint density at radius 2 is 1.59 bits per heavy atom. The molecule has 0 aromatic carbocycles. The Kier molecular flexibility index (Phi) is 3.66. The van der Waals surface area contributed by atoms with Gasteiger partial charge in [0.05, 0.1) is 11.4 Å². The molecule has 0 fully saturated rings. The van der Waals surface area contributed by atoms with Crippen LogP contribution < -0.4 is 11.4 Å². The van der Waals surface area contributed by atoms with E-state index in [9.17, 15) is 0 Å². The van der Waals surface area contributed by atoms with Crippen molar-refractivity contribution in [3.63, 3.8) is 0 Å². The number of unbranched alkanes of at least 4 members (excludes halogenated alkanes) is 1. The van der Waals surface area contributed by atoms with E-state index >= 15 is 0 Å². The van der Waals surface area contributed by atoms with Crippen LogP contribution in [0.3, 0.4) is 0 Å². The largest absolute Gasteiger partial charge is 0.345 e. The fraction of sp³-hybridized carbons (Fsp3) is 0.500. The molecule has 2 rings (SSSR count). The molecule has 0 N–H and O–H groups in total. The predicted molar refractivity (Wildman–Crippen MR) is 71.2 cm³/mol. The maximum Gasteiger partial charge on any atom is 0.300 e. The van der Waals surface area contributed by atoms with Gasteiger partial charge < -0.3 is 9.13 Å². The molecule has 0 bridgehead atoms. The van der Waals surface area contributed by atoms with Gasteiger partial charge in [-0.05, 0) is 0 Å². The summed E-state index contributed by atoms with van der Waals surface area (Å²) in [6, 6.07) is 0. The van der Waals surface area contributed by atoms with Crippen molar-refractivity contribution < 1.29 is 0 Å². The molecule has 0 aliphatic heterocycles. The summed E-state index contributed by atoms with van der Waals surface area (Å²) in [6.07, 6.45) is 11.2. The molecule has 17 heavy (non-hydrogen) atoms. The summed E-state index contributed by atoms with van der Waals surface area (Å²) in [5.41, 5.74) is 2.21. The SMILES string of the molecule is CCCCB(c1nccn1C)c1nccn1C. The van der Waals surface area contributed by atoms with E-state index in [1.54, 1.807) is 0 Å². The lowest BCUT2D eigenvalue weighted by molar-refractivity contribution is 0.865. The summed E-state index contributed by atoms with van der Waals surface area (Å²) in [5.74, 6) is 0. The molecule has 0 unspecified atom stereocenters. The molecule has 0 saturated heterocycles. The highest BCUT2D eigenvalue weighted by Gasteiger charge is 2.26. The lowest BCUT2D eigenvalue weighted by Gasteiger charge is -2.13. The number of hydrogen-bond acceptors (Lipinski definition) is 2. The van der Waals surface area contributed by atoms with E-state index in [1.807, 2.05) is 38.9 Å². The van der Waals surface area contributed by atoms with Gasteiger partial charge in [-0.2, -0.15) is 0 Å². The third kappa shape index (κ3) is 2.43. The smallest absolute Gasteiger partial charge is 0.300 e. The van der Waals surface area contributed by atoms with Gasteiger partial charge in [-0.1, -0.05) is 26.1 Å². The van der Waals surface area contributed by atoms with E-state index < -0.39 is 0 Å². The Labute approximate surface area is 103 Å². The molecule has 0 spiro atoms. The third-order valence-electron chi connectivity index (χ3n) is 3.19. The zero-order valence-electron chi connectivity index (χ0n) is 10.8. The van der Waals surface area contributed by atoms with E-state index in [0.29, 0.717) is 6.71 Å². The van der Waals surface area contributed by atoms with Crippen molar-refractivity contribution in [1.82, 2.24) is 19.1 Å². The molecule has 90 valence electrons. The van der Waals surface area contributed by atoms with Crippen molar-refractivity contribution in [2.45, 2.75) is 26.1 Å². The van der Waals surface area contributed by atoms with Gasteiger partial charge in [-0.15, -0.1) is 0 Å². The Hall–Kier alpha value is -1.52. The minimum Gasteiger partial charge on any atom is -0.345 e. The van der Waals surface area contributed by atoms with Crippen molar-refractivity contribution >= 4 is 18.2 Å². The van der Waals surface area contributed by atoms with E-state index in [0.717, 1.165) is 17.8 Å². The van der Waals surface area contributed by atoms with Gasteiger partial charge in [0, 0.05) is 38.9 Å². The zero-order valence-corrected chi connectivity index (χ0v) is 10.8. The fourth-order valence-electron chi connectivity index (χ4n) is 2.21. The molecule has 0 aliphatic rings. The van der Waals surface area contributed by atoms with Gasteiger partial charge in [-0.25, -0.2) is 0 Å². The molecular weight excluding hydrogens is 211 g/mol. The Bertz CT molecular complexity index is 434. The standard InChI is InChI=1S/C12H19BN4/c1-4-5-6-13(11-14-7-9-16(11)2)12-15-8-10-17(12)3/h7-10H,4-6H2,1-3H3. The zero-order chi connectivity index (χ0) is 12.3. The lowest BCUT2D eigenvalue weighted by Crippen LogP contribution is -2.50. The second-order valence-electron chi connectivity index (χ2n) is 4.49. The summed E-state index contributed by atoms with van der Waals surface area (Å²) >= 11 is 0. The van der Waals surface area contributed by atoms with Crippen LogP contribution in [-0.4, -0.2) is 25.8 Å². The maximum atomic E-state index is 4.48. The lowest BCUT2D eigenvalue weighted by atomic mass is 9.44. The molecule has 5 heteroatoms. The summed E-state index contributed by atoms with van der Waals surface area (Å²) in [5, 5.41) is 0.